The van der Waals surface area contributed by atoms with Crippen molar-refractivity contribution < 1.29 is 11.0 Å². The molecule has 0 aromatic carbocycles. The van der Waals surface area contributed by atoms with Gasteiger partial charge in [0.2, 0.25) is 5.91 Å². The van der Waals surface area contributed by atoms with Crippen LogP contribution < -0.4 is 5.32 Å². The molecule has 3 nitrogen and oxygen atoms in total. The number of nitrogens with one attached hydrogen (secondary N) is 1. The second-order valence-corrected chi connectivity index (χ2v) is 3.85. The number of carbonyl (C=O) groups excluding carboxylic acids is 1. The van der Waals surface area contributed by atoms with E-state index < -0.39 is 0 Å². The summed E-state index contributed by atoms with van der Waals surface area (Å²) in [4.78, 5) is 10.8. The summed E-state index contributed by atoms with van der Waals surface area (Å²) in [6.45, 7) is 7.12. The number of rotatable bonds is 2. The first-order valence-corrected chi connectivity index (χ1v) is 5.62. The molecule has 1 amide bonds. The zero-order chi connectivity index (χ0) is 10.6. The summed E-state index contributed by atoms with van der Waals surface area (Å²) in [6, 6.07) is 0.287. The van der Waals surface area contributed by atoms with Crippen molar-refractivity contribution in [2.24, 2.45) is 11.8 Å². The third-order valence-corrected chi connectivity index (χ3v) is 2.74. The average molecular weight is 201 g/mol. The summed E-state index contributed by atoms with van der Waals surface area (Å²) >= 11 is 0. The highest BCUT2D eigenvalue weighted by Gasteiger charge is 2.40. The maximum atomic E-state index is 10.8. The molecule has 0 spiro atoms. The minimum atomic E-state index is 0. The lowest BCUT2D eigenvalue weighted by Crippen LogP contribution is -2.39. The first kappa shape index (κ1) is 11.5. The van der Waals surface area contributed by atoms with Crippen LogP contribution >= 0.6 is 0 Å². The Hall–Kier alpha value is -0.570. The van der Waals surface area contributed by atoms with Crippen molar-refractivity contribution in [2.75, 3.05) is 13.2 Å². The molecule has 2 fully saturated rings. The van der Waals surface area contributed by atoms with Crippen LogP contribution in [0, 0.1) is 11.8 Å². The van der Waals surface area contributed by atoms with Crippen LogP contribution in [0.15, 0.2) is 0 Å². The smallest absolute Gasteiger partial charge is 0.217 e. The van der Waals surface area contributed by atoms with Gasteiger partial charge in [-0.2, -0.15) is 0 Å². The maximum Gasteiger partial charge on any atom is 0.217 e. The highest BCUT2D eigenvalue weighted by molar-refractivity contribution is 5.73. The Morgan fingerprint density at radius 3 is 2.50 bits per heavy atom. The van der Waals surface area contributed by atoms with Crippen molar-refractivity contribution in [3.8, 4) is 0 Å². The van der Waals surface area contributed by atoms with Gasteiger partial charge in [0.25, 0.3) is 0 Å². The van der Waals surface area contributed by atoms with E-state index in [1.54, 1.807) is 6.92 Å². The molecule has 1 aliphatic heterocycles. The summed E-state index contributed by atoms with van der Waals surface area (Å²) in [5.74, 6) is 1.48. The van der Waals surface area contributed by atoms with Crippen molar-refractivity contribution in [1.29, 1.82) is 0 Å². The van der Waals surface area contributed by atoms with Crippen LogP contribution in [-0.2, 0) is 9.53 Å². The molecule has 3 heteroatoms. The summed E-state index contributed by atoms with van der Waals surface area (Å²) in [5, 5.41) is 2.95. The third kappa shape index (κ3) is 2.98. The molecule has 1 heterocycles. The van der Waals surface area contributed by atoms with Gasteiger partial charge in [0.1, 0.15) is 0 Å². The van der Waals surface area contributed by atoms with Gasteiger partial charge < -0.3 is 10.1 Å². The van der Waals surface area contributed by atoms with Gasteiger partial charge in [-0.15, -0.1) is 0 Å². The van der Waals surface area contributed by atoms with Crippen LogP contribution in [0.25, 0.3) is 0 Å². The second kappa shape index (κ2) is 5.35. The van der Waals surface area contributed by atoms with Gasteiger partial charge in [0, 0.05) is 14.3 Å². The van der Waals surface area contributed by atoms with E-state index in [4.69, 9.17) is 4.74 Å². The highest BCUT2D eigenvalue weighted by atomic mass is 16.5. The van der Waals surface area contributed by atoms with Crippen molar-refractivity contribution in [1.82, 2.24) is 5.32 Å². The Kier molecular flexibility index (Phi) is 4.39. The van der Waals surface area contributed by atoms with Crippen LogP contribution in [0.3, 0.4) is 0 Å². The molecule has 2 aliphatic rings. The SMILES string of the molecule is CC.CC(=O)NC1COCC1C1CC1.[HH]. The topological polar surface area (TPSA) is 38.3 Å². The zero-order valence-electron chi connectivity index (χ0n) is 9.38. The Bertz CT molecular complexity index is 195. The largest absolute Gasteiger partial charge is 0.379 e. The van der Waals surface area contributed by atoms with Crippen molar-refractivity contribution >= 4 is 5.91 Å². The minimum Gasteiger partial charge on any atom is -0.379 e. The summed E-state index contributed by atoms with van der Waals surface area (Å²) < 4.78 is 5.36. The van der Waals surface area contributed by atoms with Gasteiger partial charge in [-0.1, -0.05) is 13.8 Å². The number of carbonyl (C=O) groups is 1. The molecule has 14 heavy (non-hydrogen) atoms. The highest BCUT2D eigenvalue weighted by Crippen LogP contribution is 2.40. The van der Waals surface area contributed by atoms with Gasteiger partial charge >= 0.3 is 0 Å². The molecule has 2 unspecified atom stereocenters. The lowest BCUT2D eigenvalue weighted by Gasteiger charge is -2.16. The first-order chi connectivity index (χ1) is 6.77. The molecule has 2 atom stereocenters. The Morgan fingerprint density at radius 2 is 2.00 bits per heavy atom. The van der Waals surface area contributed by atoms with Crippen LogP contribution in [0.5, 0.6) is 0 Å². The average Bonchev–Trinajstić information content (AvgIpc) is 2.91. The number of ether oxygens (including phenoxy) is 1. The van der Waals surface area contributed by atoms with E-state index in [1.165, 1.54) is 12.8 Å². The van der Waals surface area contributed by atoms with E-state index in [0.29, 0.717) is 12.5 Å². The van der Waals surface area contributed by atoms with Crippen molar-refractivity contribution in [3.05, 3.63) is 0 Å². The fourth-order valence-electron chi connectivity index (χ4n) is 1.97. The van der Waals surface area contributed by atoms with E-state index >= 15 is 0 Å². The van der Waals surface area contributed by atoms with E-state index in [2.05, 4.69) is 5.32 Å². The van der Waals surface area contributed by atoms with E-state index in [1.807, 2.05) is 13.8 Å². The van der Waals surface area contributed by atoms with E-state index in [0.717, 1.165) is 12.5 Å². The number of hydrogen-bond acceptors (Lipinski definition) is 2. The third-order valence-electron chi connectivity index (χ3n) is 2.74. The first-order valence-electron chi connectivity index (χ1n) is 5.62. The molecule has 0 bridgehead atoms. The molecule has 1 saturated carbocycles. The molecule has 1 saturated heterocycles. The molecular weight excluding hydrogens is 178 g/mol. The predicted octanol–water partition coefficient (Wildman–Crippen LogP) is 1.82. The lowest BCUT2D eigenvalue weighted by atomic mass is 9.98. The Balaban J connectivity index is 0.000000617. The molecule has 1 N–H and O–H groups in total. The van der Waals surface area contributed by atoms with Crippen molar-refractivity contribution in [2.45, 2.75) is 39.7 Å². The van der Waals surface area contributed by atoms with Crippen LogP contribution in [-0.4, -0.2) is 25.2 Å². The maximum absolute atomic E-state index is 10.8. The molecule has 0 radical (unpaired) electrons. The Morgan fingerprint density at radius 1 is 1.36 bits per heavy atom. The normalized spacial score (nSPS) is 30.5. The zero-order valence-corrected chi connectivity index (χ0v) is 9.38. The van der Waals surface area contributed by atoms with Crippen LogP contribution in [0.1, 0.15) is 35.0 Å². The summed E-state index contributed by atoms with van der Waals surface area (Å²) in [5.41, 5.74) is 0. The summed E-state index contributed by atoms with van der Waals surface area (Å²) in [6.07, 6.45) is 2.65. The van der Waals surface area contributed by atoms with Crippen molar-refractivity contribution in [3.63, 3.8) is 0 Å². The number of amides is 1. The molecular formula is C11H23NO2. The molecule has 0 aromatic heterocycles. The van der Waals surface area contributed by atoms with Gasteiger partial charge in [0.15, 0.2) is 0 Å². The van der Waals surface area contributed by atoms with Gasteiger partial charge in [-0.25, -0.2) is 0 Å². The Labute approximate surface area is 87.7 Å². The van der Waals surface area contributed by atoms with Gasteiger partial charge in [0.05, 0.1) is 19.3 Å². The fourth-order valence-corrected chi connectivity index (χ4v) is 1.97. The molecule has 84 valence electrons. The van der Waals surface area contributed by atoms with Gasteiger partial charge in [-0.05, 0) is 18.8 Å². The molecule has 0 aromatic rings. The van der Waals surface area contributed by atoms with E-state index in [-0.39, 0.29) is 13.4 Å². The quantitative estimate of drug-likeness (QED) is 0.740. The monoisotopic (exact) mass is 201 g/mol. The van der Waals surface area contributed by atoms with E-state index in [9.17, 15) is 4.79 Å². The fraction of sp³-hybridized carbons (Fsp3) is 0.909. The second-order valence-electron chi connectivity index (χ2n) is 3.85. The minimum absolute atomic E-state index is 0. The predicted molar refractivity (Wildman–Crippen MR) is 58.1 cm³/mol. The number of hydrogen-bond donors (Lipinski definition) is 1. The van der Waals surface area contributed by atoms with Crippen LogP contribution in [0.2, 0.25) is 0 Å². The molecule has 1 aliphatic carbocycles. The summed E-state index contributed by atoms with van der Waals surface area (Å²) in [7, 11) is 0. The van der Waals surface area contributed by atoms with Crippen LogP contribution in [0.4, 0.5) is 0 Å². The lowest BCUT2D eigenvalue weighted by molar-refractivity contribution is -0.119. The standard InChI is InChI=1S/C9H15NO2.C2H6.H2/c1-6(11)10-9-5-12-4-8(9)7-2-3-7;1-2;/h7-9H,2-5H2,1H3,(H,10,11);1-2H3;1H. The van der Waals surface area contributed by atoms with Gasteiger partial charge in [-0.3, -0.25) is 4.79 Å². The molecule has 2 rings (SSSR count).